The SMILES string of the molecule is C=CCOC(=O)NCc1ccccc1-c1ccc([C@@H]2O[C@H](CN(C)CC=C)[C@H](C)[C@H](c3ccc(CO)cc3)O2)cc1. The Kier molecular flexibility index (Phi) is 10.9. The topological polar surface area (TPSA) is 80.3 Å². The summed E-state index contributed by atoms with van der Waals surface area (Å²) in [7, 11) is 2.06. The molecule has 0 radical (unpaired) electrons. The van der Waals surface area contributed by atoms with Crippen LogP contribution in [0.5, 0.6) is 0 Å². The van der Waals surface area contributed by atoms with Crippen molar-refractivity contribution < 1.29 is 24.1 Å². The number of likely N-dealkylation sites (N-methyl/N-ethyl adjacent to an activating group) is 1. The van der Waals surface area contributed by atoms with Crippen LogP contribution >= 0.6 is 0 Å². The third kappa shape index (κ3) is 7.93. The minimum Gasteiger partial charge on any atom is -0.445 e. The summed E-state index contributed by atoms with van der Waals surface area (Å²) in [5.41, 5.74) is 5.88. The summed E-state index contributed by atoms with van der Waals surface area (Å²) in [6.07, 6.45) is 2.17. The standard InChI is InChI=1S/C34H40N2O5/c1-5-19-36(4)22-31-24(3)32(27-13-11-25(23-37)12-14-27)41-33(40-31)28-17-15-26(16-18-28)30-10-8-7-9-29(30)21-35-34(38)39-20-6-2/h5-18,24,31-33,37H,1-2,19-23H2,3-4H3,(H,35,38)/t24-,31+,32+,33+/m0/s1. The number of benzene rings is 3. The Morgan fingerprint density at radius 2 is 1.71 bits per heavy atom. The van der Waals surface area contributed by atoms with Gasteiger partial charge in [-0.15, -0.1) is 6.58 Å². The number of carbonyl (C=O) groups excluding carboxylic acids is 1. The fourth-order valence-electron chi connectivity index (χ4n) is 5.06. The fraction of sp³-hybridized carbons (Fsp3) is 0.324. The van der Waals surface area contributed by atoms with Crippen molar-refractivity contribution in [3.8, 4) is 11.1 Å². The van der Waals surface area contributed by atoms with Crippen LogP contribution in [-0.4, -0.2) is 48.9 Å². The van der Waals surface area contributed by atoms with Gasteiger partial charge in [-0.3, -0.25) is 0 Å². The van der Waals surface area contributed by atoms with Crippen molar-refractivity contribution in [3.63, 3.8) is 0 Å². The molecule has 0 spiro atoms. The van der Waals surface area contributed by atoms with Crippen molar-refractivity contribution in [3.05, 3.63) is 120 Å². The highest BCUT2D eigenvalue weighted by atomic mass is 16.7. The number of nitrogens with zero attached hydrogens (tertiary/aromatic N) is 1. The average molecular weight is 557 g/mol. The smallest absolute Gasteiger partial charge is 0.407 e. The summed E-state index contributed by atoms with van der Waals surface area (Å²) < 4.78 is 18.2. The zero-order valence-corrected chi connectivity index (χ0v) is 23.9. The average Bonchev–Trinajstić information content (AvgIpc) is 3.00. The highest BCUT2D eigenvalue weighted by Crippen LogP contribution is 2.42. The molecule has 7 nitrogen and oxygen atoms in total. The van der Waals surface area contributed by atoms with Crippen molar-refractivity contribution >= 4 is 6.09 Å². The Morgan fingerprint density at radius 1 is 1.00 bits per heavy atom. The van der Waals surface area contributed by atoms with Gasteiger partial charge in [-0.25, -0.2) is 4.79 Å². The largest absolute Gasteiger partial charge is 0.445 e. The number of amides is 1. The van der Waals surface area contributed by atoms with E-state index in [2.05, 4.69) is 49.5 Å². The van der Waals surface area contributed by atoms with E-state index in [1.807, 2.05) is 66.7 Å². The van der Waals surface area contributed by atoms with Crippen molar-refractivity contribution in [1.82, 2.24) is 10.2 Å². The second-order valence-corrected chi connectivity index (χ2v) is 10.4. The van der Waals surface area contributed by atoms with Gasteiger partial charge in [0, 0.05) is 31.1 Å². The molecule has 1 aliphatic heterocycles. The Labute approximate surface area is 243 Å². The molecule has 1 heterocycles. The van der Waals surface area contributed by atoms with E-state index in [1.165, 1.54) is 6.08 Å². The number of hydrogen-bond donors (Lipinski definition) is 2. The molecule has 3 aromatic rings. The maximum atomic E-state index is 11.9. The van der Waals surface area contributed by atoms with E-state index in [4.69, 9.17) is 14.2 Å². The first-order chi connectivity index (χ1) is 19.9. The molecule has 1 saturated heterocycles. The molecule has 1 aliphatic rings. The van der Waals surface area contributed by atoms with Gasteiger partial charge in [0.15, 0.2) is 6.29 Å². The second-order valence-electron chi connectivity index (χ2n) is 10.4. The zero-order chi connectivity index (χ0) is 29.2. The minimum atomic E-state index is -0.540. The molecule has 41 heavy (non-hydrogen) atoms. The Hall–Kier alpha value is -3.75. The number of aliphatic hydroxyl groups excluding tert-OH is 1. The van der Waals surface area contributed by atoms with Crippen molar-refractivity contribution in [2.24, 2.45) is 5.92 Å². The van der Waals surface area contributed by atoms with Crippen LogP contribution in [-0.2, 0) is 27.4 Å². The first-order valence-electron chi connectivity index (χ1n) is 13.9. The van der Waals surface area contributed by atoms with E-state index in [9.17, 15) is 9.90 Å². The maximum absolute atomic E-state index is 11.9. The number of ether oxygens (including phenoxy) is 3. The van der Waals surface area contributed by atoms with Crippen LogP contribution in [0.2, 0.25) is 0 Å². The second kappa shape index (κ2) is 14.8. The zero-order valence-electron chi connectivity index (χ0n) is 23.9. The summed E-state index contributed by atoms with van der Waals surface area (Å²) in [5, 5.41) is 12.3. The molecule has 0 aromatic heterocycles. The minimum absolute atomic E-state index is 0.00695. The van der Waals surface area contributed by atoms with Crippen molar-refractivity contribution in [1.29, 1.82) is 0 Å². The summed E-state index contributed by atoms with van der Waals surface area (Å²) in [5.74, 6) is 0.107. The van der Waals surface area contributed by atoms with E-state index < -0.39 is 12.4 Å². The first-order valence-corrected chi connectivity index (χ1v) is 13.9. The Balaban J connectivity index is 1.55. The predicted molar refractivity (Wildman–Crippen MR) is 161 cm³/mol. The molecule has 3 aromatic carbocycles. The van der Waals surface area contributed by atoms with Crippen molar-refractivity contribution in [2.45, 2.75) is 38.6 Å². The van der Waals surface area contributed by atoms with Crippen LogP contribution in [0.3, 0.4) is 0 Å². The quantitative estimate of drug-likeness (QED) is 0.260. The van der Waals surface area contributed by atoms with Gasteiger partial charge in [0.25, 0.3) is 0 Å². The highest BCUT2D eigenvalue weighted by Gasteiger charge is 2.38. The van der Waals surface area contributed by atoms with E-state index in [0.29, 0.717) is 6.54 Å². The van der Waals surface area contributed by atoms with E-state index in [1.54, 1.807) is 0 Å². The van der Waals surface area contributed by atoms with Gasteiger partial charge >= 0.3 is 6.09 Å². The van der Waals surface area contributed by atoms with Crippen LogP contribution in [0.4, 0.5) is 4.79 Å². The number of rotatable bonds is 12. The summed E-state index contributed by atoms with van der Waals surface area (Å²) >= 11 is 0. The van der Waals surface area contributed by atoms with Gasteiger partial charge in [-0.1, -0.05) is 98.5 Å². The normalized spacial score (nSPS) is 20.4. The molecule has 2 N–H and O–H groups in total. The fourth-order valence-corrected chi connectivity index (χ4v) is 5.06. The lowest BCUT2D eigenvalue weighted by molar-refractivity contribution is -0.275. The van der Waals surface area contributed by atoms with Gasteiger partial charge in [-0.2, -0.15) is 0 Å². The summed E-state index contributed by atoms with van der Waals surface area (Å²) in [6, 6.07) is 24.1. The van der Waals surface area contributed by atoms with Gasteiger partial charge in [0.2, 0.25) is 0 Å². The third-order valence-corrected chi connectivity index (χ3v) is 7.32. The van der Waals surface area contributed by atoms with Crippen LogP contribution < -0.4 is 5.32 Å². The Morgan fingerprint density at radius 3 is 2.39 bits per heavy atom. The van der Waals surface area contributed by atoms with Gasteiger partial charge < -0.3 is 29.5 Å². The number of aliphatic hydroxyl groups is 1. The lowest BCUT2D eigenvalue weighted by atomic mass is 9.90. The van der Waals surface area contributed by atoms with Gasteiger partial charge in [0.1, 0.15) is 6.61 Å². The monoisotopic (exact) mass is 556 g/mol. The molecule has 4 atom stereocenters. The third-order valence-electron chi connectivity index (χ3n) is 7.32. The van der Waals surface area contributed by atoms with Crippen LogP contribution in [0.1, 0.15) is 41.6 Å². The lowest BCUT2D eigenvalue weighted by Crippen LogP contribution is -2.43. The molecular formula is C34H40N2O5. The van der Waals surface area contributed by atoms with Crippen LogP contribution in [0.15, 0.2) is 98.1 Å². The molecular weight excluding hydrogens is 516 g/mol. The Bertz CT molecular complexity index is 1290. The molecule has 1 amide bonds. The first kappa shape index (κ1) is 30.2. The van der Waals surface area contributed by atoms with Gasteiger partial charge in [-0.05, 0) is 34.9 Å². The van der Waals surface area contributed by atoms with Crippen LogP contribution in [0, 0.1) is 5.92 Å². The molecule has 0 unspecified atom stereocenters. The van der Waals surface area contributed by atoms with E-state index >= 15 is 0 Å². The molecule has 4 rings (SSSR count). The molecule has 216 valence electrons. The van der Waals surface area contributed by atoms with E-state index in [0.717, 1.165) is 46.5 Å². The number of alkyl carbamates (subject to hydrolysis) is 1. The summed E-state index contributed by atoms with van der Waals surface area (Å²) in [4.78, 5) is 14.1. The molecule has 0 saturated carbocycles. The molecule has 0 aliphatic carbocycles. The van der Waals surface area contributed by atoms with Crippen LogP contribution in [0.25, 0.3) is 11.1 Å². The maximum Gasteiger partial charge on any atom is 0.407 e. The molecule has 0 bridgehead atoms. The van der Waals surface area contributed by atoms with Gasteiger partial charge in [0.05, 0.1) is 18.8 Å². The lowest BCUT2D eigenvalue weighted by Gasteiger charge is -2.42. The van der Waals surface area contributed by atoms with Crippen molar-refractivity contribution in [2.75, 3.05) is 26.7 Å². The number of carbonyl (C=O) groups is 1. The number of nitrogens with one attached hydrogen (secondary N) is 1. The molecule has 7 heteroatoms. The summed E-state index contributed by atoms with van der Waals surface area (Å²) in [6.45, 7) is 11.6. The van der Waals surface area contributed by atoms with E-state index in [-0.39, 0.29) is 31.3 Å². The predicted octanol–water partition coefficient (Wildman–Crippen LogP) is 6.17. The number of hydrogen-bond acceptors (Lipinski definition) is 6. The highest BCUT2D eigenvalue weighted by molar-refractivity contribution is 5.70. The molecule has 1 fully saturated rings.